The van der Waals surface area contributed by atoms with Gasteiger partial charge in [-0.15, -0.1) is 11.3 Å². The van der Waals surface area contributed by atoms with Gasteiger partial charge in [0.1, 0.15) is 5.00 Å². The third-order valence-electron chi connectivity index (χ3n) is 5.52. The Balaban J connectivity index is 1.53. The molecule has 0 atom stereocenters. The van der Waals surface area contributed by atoms with E-state index in [0.717, 1.165) is 48.8 Å². The largest absolute Gasteiger partial charge is 0.385 e. The van der Waals surface area contributed by atoms with E-state index < -0.39 is 0 Å². The highest BCUT2D eigenvalue weighted by Gasteiger charge is 2.27. The number of carbonyl (C=O) groups is 2. The molecule has 0 saturated carbocycles. The van der Waals surface area contributed by atoms with E-state index in [1.165, 1.54) is 16.2 Å². The van der Waals surface area contributed by atoms with Crippen molar-refractivity contribution < 1.29 is 18.8 Å². The Morgan fingerprint density at radius 3 is 2.72 bits per heavy atom. The van der Waals surface area contributed by atoms with Gasteiger partial charge in [-0.25, -0.2) is 0 Å². The van der Waals surface area contributed by atoms with Gasteiger partial charge in [-0.2, -0.15) is 0 Å². The molecule has 4 rings (SSSR count). The van der Waals surface area contributed by atoms with Crippen LogP contribution in [0, 0.1) is 6.92 Å². The predicted molar refractivity (Wildman–Crippen MR) is 124 cm³/mol. The molecule has 1 aromatic carbocycles. The van der Waals surface area contributed by atoms with Gasteiger partial charge in [-0.05, 0) is 44.6 Å². The summed E-state index contributed by atoms with van der Waals surface area (Å²) in [6.07, 6.45) is 4.66. The van der Waals surface area contributed by atoms with Gasteiger partial charge in [0.15, 0.2) is 11.5 Å². The number of aryl methyl sites for hydroxylation is 2. The van der Waals surface area contributed by atoms with Crippen molar-refractivity contribution in [1.82, 2.24) is 10.5 Å². The minimum Gasteiger partial charge on any atom is -0.385 e. The predicted octanol–water partition coefficient (Wildman–Crippen LogP) is 4.61. The van der Waals surface area contributed by atoms with Crippen LogP contribution in [0.4, 0.5) is 5.00 Å². The third kappa shape index (κ3) is 4.92. The summed E-state index contributed by atoms with van der Waals surface area (Å²) in [7, 11) is 1.64. The monoisotopic (exact) mass is 453 g/mol. The zero-order chi connectivity index (χ0) is 22.5. The van der Waals surface area contributed by atoms with E-state index in [9.17, 15) is 9.59 Å². The first-order valence-corrected chi connectivity index (χ1v) is 11.6. The summed E-state index contributed by atoms with van der Waals surface area (Å²) in [6.45, 7) is 3.12. The lowest BCUT2D eigenvalue weighted by Gasteiger charge is -2.13. The van der Waals surface area contributed by atoms with Crippen LogP contribution >= 0.6 is 11.3 Å². The van der Waals surface area contributed by atoms with E-state index in [1.807, 2.05) is 31.2 Å². The zero-order valence-electron chi connectivity index (χ0n) is 18.3. The van der Waals surface area contributed by atoms with Gasteiger partial charge in [0.05, 0.1) is 5.56 Å². The minimum absolute atomic E-state index is 0.156. The van der Waals surface area contributed by atoms with Crippen molar-refractivity contribution in [1.29, 1.82) is 0 Å². The highest BCUT2D eigenvalue weighted by molar-refractivity contribution is 7.17. The molecule has 7 nitrogen and oxygen atoms in total. The fourth-order valence-electron chi connectivity index (χ4n) is 3.80. The lowest BCUT2D eigenvalue weighted by Crippen LogP contribution is -2.27. The first-order valence-electron chi connectivity index (χ1n) is 10.8. The number of methoxy groups -OCH3 is 1. The topological polar surface area (TPSA) is 93.5 Å². The maximum atomic E-state index is 13.0. The normalized spacial score (nSPS) is 12.9. The number of carbonyl (C=O) groups excluding carboxylic acids is 2. The van der Waals surface area contributed by atoms with Crippen LogP contribution in [0.5, 0.6) is 0 Å². The van der Waals surface area contributed by atoms with Crippen LogP contribution in [-0.2, 0) is 17.6 Å². The van der Waals surface area contributed by atoms with Gasteiger partial charge >= 0.3 is 0 Å². The Kier molecular flexibility index (Phi) is 7.02. The lowest BCUT2D eigenvalue weighted by atomic mass is 9.95. The van der Waals surface area contributed by atoms with Crippen molar-refractivity contribution in [3.8, 4) is 11.3 Å². The number of aromatic nitrogens is 1. The van der Waals surface area contributed by atoms with Gasteiger partial charge in [0.2, 0.25) is 0 Å². The summed E-state index contributed by atoms with van der Waals surface area (Å²) >= 11 is 1.49. The van der Waals surface area contributed by atoms with Gasteiger partial charge in [-0.3, -0.25) is 9.59 Å². The van der Waals surface area contributed by atoms with E-state index in [2.05, 4.69) is 15.8 Å². The molecule has 168 valence electrons. The first-order chi connectivity index (χ1) is 15.6. The highest BCUT2D eigenvalue weighted by Crippen LogP contribution is 2.38. The number of hydrogen-bond acceptors (Lipinski definition) is 6. The first kappa shape index (κ1) is 22.2. The highest BCUT2D eigenvalue weighted by atomic mass is 32.1. The van der Waals surface area contributed by atoms with Crippen molar-refractivity contribution in [3.63, 3.8) is 0 Å². The molecular weight excluding hydrogens is 426 g/mol. The Morgan fingerprint density at radius 2 is 1.94 bits per heavy atom. The van der Waals surface area contributed by atoms with Crippen molar-refractivity contribution in [3.05, 3.63) is 57.6 Å². The summed E-state index contributed by atoms with van der Waals surface area (Å²) in [5.74, 6) is -0.0211. The molecule has 1 aliphatic rings. The Labute approximate surface area is 191 Å². The van der Waals surface area contributed by atoms with E-state index in [0.29, 0.717) is 29.5 Å². The molecule has 8 heteroatoms. The Bertz CT molecular complexity index is 1100. The Morgan fingerprint density at radius 1 is 1.16 bits per heavy atom. The fraction of sp³-hybridized carbons (Fsp3) is 0.375. The van der Waals surface area contributed by atoms with Crippen LogP contribution in [0.15, 0.2) is 34.9 Å². The fourth-order valence-corrected chi connectivity index (χ4v) is 5.09. The van der Waals surface area contributed by atoms with Gasteiger partial charge in [0, 0.05) is 36.8 Å². The summed E-state index contributed by atoms with van der Waals surface area (Å²) in [4.78, 5) is 27.1. The molecule has 3 aromatic rings. The summed E-state index contributed by atoms with van der Waals surface area (Å²) < 4.78 is 10.4. The van der Waals surface area contributed by atoms with Crippen LogP contribution in [-0.4, -0.2) is 37.2 Å². The second kappa shape index (κ2) is 10.1. The van der Waals surface area contributed by atoms with E-state index in [-0.39, 0.29) is 17.5 Å². The quantitative estimate of drug-likeness (QED) is 0.486. The number of anilines is 1. The van der Waals surface area contributed by atoms with Crippen LogP contribution in [0.25, 0.3) is 11.3 Å². The maximum absolute atomic E-state index is 13.0. The van der Waals surface area contributed by atoms with Crippen molar-refractivity contribution in [2.45, 2.75) is 39.0 Å². The number of thiophene rings is 1. The maximum Gasteiger partial charge on any atom is 0.278 e. The Hall–Kier alpha value is -2.97. The van der Waals surface area contributed by atoms with Crippen molar-refractivity contribution in [2.24, 2.45) is 0 Å². The number of hydrogen-bond donors (Lipinski definition) is 2. The molecule has 0 bridgehead atoms. The molecule has 0 unspecified atom stereocenters. The summed E-state index contributed by atoms with van der Waals surface area (Å²) in [5.41, 5.74) is 3.81. The van der Waals surface area contributed by atoms with E-state index in [4.69, 9.17) is 9.26 Å². The minimum atomic E-state index is -0.390. The molecule has 2 aromatic heterocycles. The molecule has 0 saturated heterocycles. The second-order valence-electron chi connectivity index (χ2n) is 7.91. The number of benzene rings is 1. The van der Waals surface area contributed by atoms with Crippen molar-refractivity contribution in [2.75, 3.05) is 25.6 Å². The summed E-state index contributed by atoms with van der Waals surface area (Å²) in [6, 6.07) is 9.43. The molecule has 2 N–H and O–H groups in total. The molecule has 2 amide bonds. The number of rotatable bonds is 8. The molecular formula is C24H27N3O4S. The molecule has 2 heterocycles. The van der Waals surface area contributed by atoms with Crippen LogP contribution < -0.4 is 10.6 Å². The number of ether oxygens (including phenoxy) is 1. The van der Waals surface area contributed by atoms with Crippen molar-refractivity contribution >= 4 is 28.2 Å². The molecule has 0 aliphatic heterocycles. The number of nitrogens with zero attached hydrogens (tertiary/aromatic N) is 1. The SMILES string of the molecule is COCCCNC(=O)c1c(NC(=O)c2cc(-c3ccc(C)cc3)on2)sc2c1CCCC2. The van der Waals surface area contributed by atoms with Gasteiger partial charge in [0.25, 0.3) is 11.8 Å². The number of fused-ring (bicyclic) bond motifs is 1. The standard InChI is InChI=1S/C24H27N3O4S/c1-15-8-10-16(11-9-15)19-14-18(27-31-19)22(28)26-24-21(23(29)25-12-5-13-30-2)17-6-3-4-7-20(17)32-24/h8-11,14H,3-7,12-13H2,1-2H3,(H,25,29)(H,26,28). The van der Waals surface area contributed by atoms with Crippen LogP contribution in [0.1, 0.15) is 56.1 Å². The molecule has 0 radical (unpaired) electrons. The smallest absolute Gasteiger partial charge is 0.278 e. The third-order valence-corrected chi connectivity index (χ3v) is 6.72. The summed E-state index contributed by atoms with van der Waals surface area (Å²) in [5, 5.41) is 10.4. The number of nitrogens with one attached hydrogen (secondary N) is 2. The van der Waals surface area contributed by atoms with Crippen LogP contribution in [0.2, 0.25) is 0 Å². The van der Waals surface area contributed by atoms with Gasteiger partial charge < -0.3 is 19.9 Å². The number of amides is 2. The average Bonchev–Trinajstić information content (AvgIpc) is 3.42. The van der Waals surface area contributed by atoms with E-state index in [1.54, 1.807) is 13.2 Å². The molecule has 32 heavy (non-hydrogen) atoms. The average molecular weight is 454 g/mol. The van der Waals surface area contributed by atoms with E-state index >= 15 is 0 Å². The van der Waals surface area contributed by atoms with Crippen LogP contribution in [0.3, 0.4) is 0 Å². The molecule has 1 aliphatic carbocycles. The lowest BCUT2D eigenvalue weighted by molar-refractivity contribution is 0.0948. The zero-order valence-corrected chi connectivity index (χ0v) is 19.1. The second-order valence-corrected chi connectivity index (χ2v) is 9.02. The molecule has 0 fully saturated rings. The molecule has 0 spiro atoms. The van der Waals surface area contributed by atoms with Gasteiger partial charge in [-0.1, -0.05) is 35.0 Å².